The van der Waals surface area contributed by atoms with Gasteiger partial charge in [-0.05, 0) is 32.3 Å². The molecular weight excluding hydrogens is 128 g/mol. The molecule has 2 atom stereocenters. The van der Waals surface area contributed by atoms with Crippen molar-refractivity contribution in [2.45, 2.75) is 37.9 Å². The molecule has 2 heteroatoms. The van der Waals surface area contributed by atoms with Crippen LogP contribution in [0.15, 0.2) is 12.5 Å². The molecule has 10 heavy (non-hydrogen) atoms. The van der Waals surface area contributed by atoms with Gasteiger partial charge < -0.3 is 9.47 Å². The van der Waals surface area contributed by atoms with Gasteiger partial charge in [-0.2, -0.15) is 0 Å². The first kappa shape index (κ1) is 6.08. The summed E-state index contributed by atoms with van der Waals surface area (Å²) in [5.41, 5.74) is 0. The Morgan fingerprint density at radius 3 is 2.10 bits per heavy atom. The second-order valence-corrected chi connectivity index (χ2v) is 2.97. The highest BCUT2D eigenvalue weighted by Crippen LogP contribution is 2.31. The van der Waals surface area contributed by atoms with Crippen molar-refractivity contribution in [1.82, 2.24) is 0 Å². The van der Waals surface area contributed by atoms with Gasteiger partial charge in [-0.3, -0.25) is 0 Å². The highest BCUT2D eigenvalue weighted by Gasteiger charge is 2.34. The summed E-state index contributed by atoms with van der Waals surface area (Å²) in [6, 6.07) is 0. The van der Waals surface area contributed by atoms with Crippen molar-refractivity contribution in [3.8, 4) is 0 Å². The maximum Gasteiger partial charge on any atom is 0.272 e. The van der Waals surface area contributed by atoms with Crippen LogP contribution < -0.4 is 0 Å². The predicted octanol–water partition coefficient (Wildman–Crippen LogP) is 1.82. The van der Waals surface area contributed by atoms with Crippen LogP contribution in [-0.4, -0.2) is 12.2 Å². The fourth-order valence-corrected chi connectivity index (χ4v) is 1.70. The van der Waals surface area contributed by atoms with E-state index in [9.17, 15) is 0 Å². The van der Waals surface area contributed by atoms with Crippen LogP contribution in [0.4, 0.5) is 0 Å². The molecule has 1 aliphatic heterocycles. The Morgan fingerprint density at radius 2 is 1.60 bits per heavy atom. The van der Waals surface area contributed by atoms with E-state index >= 15 is 0 Å². The molecule has 0 aromatic rings. The maximum absolute atomic E-state index is 5.35. The van der Waals surface area contributed by atoms with Crippen molar-refractivity contribution < 1.29 is 9.47 Å². The summed E-state index contributed by atoms with van der Waals surface area (Å²) in [7, 11) is 0. The zero-order chi connectivity index (χ0) is 6.97. The normalized spacial score (nSPS) is 38.2. The Morgan fingerprint density at radius 1 is 1.10 bits per heavy atom. The zero-order valence-electron chi connectivity index (χ0n) is 6.01. The minimum atomic E-state index is 0.321. The van der Waals surface area contributed by atoms with Gasteiger partial charge in [0.05, 0.1) is 0 Å². The molecule has 0 radical (unpaired) electrons. The summed E-state index contributed by atoms with van der Waals surface area (Å²) < 4.78 is 10.7. The van der Waals surface area contributed by atoms with E-state index in [-0.39, 0.29) is 0 Å². The Hall–Kier alpha value is -0.660. The van der Waals surface area contributed by atoms with Crippen LogP contribution in [0.3, 0.4) is 0 Å². The smallest absolute Gasteiger partial charge is 0.272 e. The lowest BCUT2D eigenvalue weighted by atomic mass is 9.95. The molecule has 0 N–H and O–H groups in total. The Bertz CT molecular complexity index is 137. The average Bonchev–Trinajstić information content (AvgIpc) is 2.27. The third kappa shape index (κ3) is 0.877. The average molecular weight is 140 g/mol. The van der Waals surface area contributed by atoms with E-state index in [0.717, 1.165) is 12.8 Å². The highest BCUT2D eigenvalue weighted by atomic mass is 16.7. The third-order valence-electron chi connectivity index (χ3n) is 2.21. The third-order valence-corrected chi connectivity index (χ3v) is 2.21. The van der Waals surface area contributed by atoms with Crippen LogP contribution in [0.5, 0.6) is 0 Å². The largest absolute Gasteiger partial charge is 0.459 e. The van der Waals surface area contributed by atoms with Gasteiger partial charge in [-0.1, -0.05) is 0 Å². The van der Waals surface area contributed by atoms with Crippen LogP contribution in [0.25, 0.3) is 0 Å². The second kappa shape index (κ2) is 2.19. The SMILES string of the molecule is C=C1OC2CCCCC2O1. The quantitative estimate of drug-likeness (QED) is 0.511. The Balaban J connectivity index is 2.04. The zero-order valence-corrected chi connectivity index (χ0v) is 6.01. The predicted molar refractivity (Wildman–Crippen MR) is 37.4 cm³/mol. The molecule has 0 aromatic heterocycles. The maximum atomic E-state index is 5.35. The highest BCUT2D eigenvalue weighted by molar-refractivity contribution is 4.89. The van der Waals surface area contributed by atoms with Gasteiger partial charge >= 0.3 is 0 Å². The van der Waals surface area contributed by atoms with Crippen LogP contribution >= 0.6 is 0 Å². The summed E-state index contributed by atoms with van der Waals surface area (Å²) >= 11 is 0. The number of fused-ring (bicyclic) bond motifs is 1. The molecule has 0 spiro atoms. The Kier molecular flexibility index (Phi) is 1.33. The van der Waals surface area contributed by atoms with Gasteiger partial charge in [-0.25, -0.2) is 0 Å². The molecule has 0 aromatic carbocycles. The van der Waals surface area contributed by atoms with Crippen molar-refractivity contribution in [3.05, 3.63) is 12.5 Å². The molecule has 1 aliphatic carbocycles. The summed E-state index contributed by atoms with van der Waals surface area (Å²) in [5, 5.41) is 0. The summed E-state index contributed by atoms with van der Waals surface area (Å²) in [6.45, 7) is 3.63. The molecular formula is C8H12O2. The molecule has 2 fully saturated rings. The molecule has 0 amide bonds. The molecule has 2 nitrogen and oxygen atoms in total. The minimum absolute atomic E-state index is 0.321. The number of rotatable bonds is 0. The van der Waals surface area contributed by atoms with Crippen molar-refractivity contribution in [1.29, 1.82) is 0 Å². The van der Waals surface area contributed by atoms with E-state index in [4.69, 9.17) is 9.47 Å². The van der Waals surface area contributed by atoms with Gasteiger partial charge in [0.1, 0.15) is 12.2 Å². The molecule has 2 rings (SSSR count). The molecule has 1 saturated carbocycles. The fraction of sp³-hybridized carbons (Fsp3) is 0.750. The summed E-state index contributed by atoms with van der Waals surface area (Å²) in [5.74, 6) is 0.525. The first-order valence-corrected chi connectivity index (χ1v) is 3.88. The van der Waals surface area contributed by atoms with E-state index in [1.807, 2.05) is 0 Å². The van der Waals surface area contributed by atoms with Crippen molar-refractivity contribution in [2.75, 3.05) is 0 Å². The first-order valence-electron chi connectivity index (χ1n) is 3.88. The molecule has 1 heterocycles. The lowest BCUT2D eigenvalue weighted by Gasteiger charge is -2.20. The lowest BCUT2D eigenvalue weighted by Crippen LogP contribution is -2.25. The van der Waals surface area contributed by atoms with Crippen molar-refractivity contribution in [2.24, 2.45) is 0 Å². The van der Waals surface area contributed by atoms with Gasteiger partial charge in [0.25, 0.3) is 5.95 Å². The van der Waals surface area contributed by atoms with E-state index in [1.165, 1.54) is 12.8 Å². The fourth-order valence-electron chi connectivity index (χ4n) is 1.70. The van der Waals surface area contributed by atoms with Crippen molar-refractivity contribution in [3.63, 3.8) is 0 Å². The van der Waals surface area contributed by atoms with Crippen LogP contribution in [0.2, 0.25) is 0 Å². The lowest BCUT2D eigenvalue weighted by molar-refractivity contribution is 0.110. The molecule has 2 unspecified atom stereocenters. The molecule has 2 aliphatic rings. The van der Waals surface area contributed by atoms with Crippen LogP contribution in [0, 0.1) is 0 Å². The van der Waals surface area contributed by atoms with Crippen LogP contribution in [0.1, 0.15) is 25.7 Å². The number of hydrogen-bond donors (Lipinski definition) is 0. The molecule has 1 saturated heterocycles. The van der Waals surface area contributed by atoms with E-state index < -0.39 is 0 Å². The number of hydrogen-bond acceptors (Lipinski definition) is 2. The monoisotopic (exact) mass is 140 g/mol. The van der Waals surface area contributed by atoms with Gasteiger partial charge in [-0.15, -0.1) is 0 Å². The van der Waals surface area contributed by atoms with Gasteiger partial charge in [0.2, 0.25) is 0 Å². The summed E-state index contributed by atoms with van der Waals surface area (Å²) in [4.78, 5) is 0. The van der Waals surface area contributed by atoms with E-state index in [2.05, 4.69) is 6.58 Å². The van der Waals surface area contributed by atoms with Crippen molar-refractivity contribution >= 4 is 0 Å². The van der Waals surface area contributed by atoms with E-state index in [0.29, 0.717) is 18.2 Å². The minimum Gasteiger partial charge on any atom is -0.459 e. The molecule has 0 bridgehead atoms. The topological polar surface area (TPSA) is 18.5 Å². The first-order chi connectivity index (χ1) is 4.86. The summed E-state index contributed by atoms with van der Waals surface area (Å²) in [6.07, 6.45) is 5.48. The van der Waals surface area contributed by atoms with Gasteiger partial charge in [0, 0.05) is 0 Å². The van der Waals surface area contributed by atoms with Gasteiger partial charge in [0.15, 0.2) is 0 Å². The second-order valence-electron chi connectivity index (χ2n) is 2.97. The van der Waals surface area contributed by atoms with E-state index in [1.54, 1.807) is 0 Å². The van der Waals surface area contributed by atoms with Crippen LogP contribution in [-0.2, 0) is 9.47 Å². The number of ether oxygens (including phenoxy) is 2. The Labute approximate surface area is 60.8 Å². The molecule has 56 valence electrons. The standard InChI is InChI=1S/C8H12O2/c1-6-9-7-4-2-3-5-8(7)10-6/h7-8H,1-5H2.